The quantitative estimate of drug-likeness (QED) is 0.746. The van der Waals surface area contributed by atoms with Gasteiger partial charge in [0, 0.05) is 24.8 Å². The molecule has 0 atom stereocenters. The summed E-state index contributed by atoms with van der Waals surface area (Å²) in [4.78, 5) is 15.8. The fourth-order valence-corrected chi connectivity index (χ4v) is 2.99. The molecule has 0 aliphatic carbocycles. The lowest BCUT2D eigenvalue weighted by Gasteiger charge is -2.28. The van der Waals surface area contributed by atoms with Crippen molar-refractivity contribution >= 4 is 17.5 Å². The van der Waals surface area contributed by atoms with Gasteiger partial charge in [0.25, 0.3) is 0 Å². The molecule has 1 N–H and O–H groups in total. The van der Waals surface area contributed by atoms with Crippen molar-refractivity contribution in [1.29, 1.82) is 0 Å². The van der Waals surface area contributed by atoms with Crippen LogP contribution < -0.4 is 15.0 Å². The molecule has 1 aliphatic heterocycles. The highest BCUT2D eigenvalue weighted by Crippen LogP contribution is 2.36. The van der Waals surface area contributed by atoms with Crippen LogP contribution in [0.25, 0.3) is 11.3 Å². The Kier molecular flexibility index (Phi) is 5.11. The van der Waals surface area contributed by atoms with Crippen molar-refractivity contribution in [2.24, 2.45) is 0 Å². The Morgan fingerprint density at radius 1 is 1.04 bits per heavy atom. The van der Waals surface area contributed by atoms with Crippen molar-refractivity contribution in [3.8, 4) is 17.0 Å². The van der Waals surface area contributed by atoms with Crippen LogP contribution in [0.4, 0.5) is 17.5 Å². The van der Waals surface area contributed by atoms with E-state index in [1.165, 1.54) is 0 Å². The van der Waals surface area contributed by atoms with Crippen LogP contribution in [-0.4, -0.2) is 48.4 Å². The maximum Gasteiger partial charge on any atom is 0.228 e. The highest BCUT2D eigenvalue weighted by molar-refractivity contribution is 5.76. The normalized spacial score (nSPS) is 14.0. The van der Waals surface area contributed by atoms with Crippen LogP contribution >= 0.6 is 0 Å². The van der Waals surface area contributed by atoms with Gasteiger partial charge >= 0.3 is 0 Å². The van der Waals surface area contributed by atoms with Gasteiger partial charge in [-0.25, -0.2) is 4.98 Å². The predicted molar refractivity (Wildman–Crippen MR) is 105 cm³/mol. The van der Waals surface area contributed by atoms with Gasteiger partial charge < -0.3 is 19.7 Å². The van der Waals surface area contributed by atoms with Crippen LogP contribution in [0.15, 0.2) is 54.9 Å². The molecule has 1 fully saturated rings. The SMILES string of the molecule is COc1c(Nc2cccnc2)nc(N2CCOCC2)nc1-c1ccccc1. The summed E-state index contributed by atoms with van der Waals surface area (Å²) in [5, 5.41) is 3.32. The van der Waals surface area contributed by atoms with Gasteiger partial charge in [0.1, 0.15) is 5.69 Å². The molecule has 1 saturated heterocycles. The average molecular weight is 363 g/mol. The molecule has 3 aromatic rings. The zero-order valence-electron chi connectivity index (χ0n) is 15.1. The van der Waals surface area contributed by atoms with Gasteiger partial charge in [-0.05, 0) is 12.1 Å². The van der Waals surface area contributed by atoms with Gasteiger partial charge in [-0.2, -0.15) is 4.98 Å². The van der Waals surface area contributed by atoms with Gasteiger partial charge in [-0.1, -0.05) is 30.3 Å². The molecule has 27 heavy (non-hydrogen) atoms. The molecule has 0 saturated carbocycles. The van der Waals surface area contributed by atoms with E-state index in [9.17, 15) is 0 Å². The molecule has 0 bridgehead atoms. The van der Waals surface area contributed by atoms with Crippen molar-refractivity contribution in [2.45, 2.75) is 0 Å². The molecule has 1 aromatic carbocycles. The summed E-state index contributed by atoms with van der Waals surface area (Å²) in [6.45, 7) is 2.85. The third kappa shape index (κ3) is 3.83. The second-order valence-corrected chi connectivity index (χ2v) is 6.09. The molecule has 0 unspecified atom stereocenters. The number of anilines is 3. The number of methoxy groups -OCH3 is 1. The number of hydrogen-bond donors (Lipinski definition) is 1. The number of nitrogens with one attached hydrogen (secondary N) is 1. The van der Waals surface area contributed by atoms with Crippen LogP contribution in [0.1, 0.15) is 0 Å². The zero-order chi connectivity index (χ0) is 18.5. The number of pyridine rings is 1. The molecule has 3 heterocycles. The van der Waals surface area contributed by atoms with E-state index in [1.807, 2.05) is 42.5 Å². The molecule has 2 aromatic heterocycles. The van der Waals surface area contributed by atoms with Crippen LogP contribution in [0.2, 0.25) is 0 Å². The Labute approximate surface area is 158 Å². The van der Waals surface area contributed by atoms with E-state index in [2.05, 4.69) is 15.2 Å². The number of morpholine rings is 1. The second-order valence-electron chi connectivity index (χ2n) is 6.09. The van der Waals surface area contributed by atoms with Gasteiger partial charge in [-0.3, -0.25) is 4.98 Å². The first-order valence-electron chi connectivity index (χ1n) is 8.86. The first-order valence-corrected chi connectivity index (χ1v) is 8.86. The third-order valence-electron chi connectivity index (χ3n) is 4.32. The van der Waals surface area contributed by atoms with Crippen LogP contribution in [0.3, 0.4) is 0 Å². The van der Waals surface area contributed by atoms with E-state index in [1.54, 1.807) is 19.5 Å². The van der Waals surface area contributed by atoms with Gasteiger partial charge in [0.15, 0.2) is 11.6 Å². The number of rotatable bonds is 5. The molecular formula is C20H21N5O2. The van der Waals surface area contributed by atoms with Gasteiger partial charge in [0.05, 0.1) is 32.2 Å². The molecule has 138 valence electrons. The van der Waals surface area contributed by atoms with E-state index >= 15 is 0 Å². The van der Waals surface area contributed by atoms with Gasteiger partial charge in [-0.15, -0.1) is 0 Å². The lowest BCUT2D eigenvalue weighted by atomic mass is 10.1. The van der Waals surface area contributed by atoms with E-state index in [0.29, 0.717) is 30.7 Å². The van der Waals surface area contributed by atoms with E-state index < -0.39 is 0 Å². The highest BCUT2D eigenvalue weighted by atomic mass is 16.5. The van der Waals surface area contributed by atoms with E-state index in [0.717, 1.165) is 30.0 Å². The first-order chi connectivity index (χ1) is 13.3. The van der Waals surface area contributed by atoms with Crippen molar-refractivity contribution in [3.05, 3.63) is 54.9 Å². The Morgan fingerprint density at radius 2 is 1.85 bits per heavy atom. The Bertz CT molecular complexity index is 884. The zero-order valence-corrected chi connectivity index (χ0v) is 15.1. The Balaban J connectivity index is 1.82. The third-order valence-corrected chi connectivity index (χ3v) is 4.32. The molecule has 1 aliphatic rings. The largest absolute Gasteiger partial charge is 0.491 e. The molecule has 0 radical (unpaired) electrons. The predicted octanol–water partition coefficient (Wildman–Crippen LogP) is 3.13. The van der Waals surface area contributed by atoms with E-state index in [-0.39, 0.29) is 0 Å². The van der Waals surface area contributed by atoms with Crippen molar-refractivity contribution < 1.29 is 9.47 Å². The monoisotopic (exact) mass is 363 g/mol. The van der Waals surface area contributed by atoms with Crippen LogP contribution in [0.5, 0.6) is 5.75 Å². The molecular weight excluding hydrogens is 342 g/mol. The highest BCUT2D eigenvalue weighted by Gasteiger charge is 2.21. The maximum absolute atomic E-state index is 5.69. The first kappa shape index (κ1) is 17.2. The summed E-state index contributed by atoms with van der Waals surface area (Å²) in [5.74, 6) is 1.87. The summed E-state index contributed by atoms with van der Waals surface area (Å²) in [5.41, 5.74) is 2.56. The number of ether oxygens (including phenoxy) is 2. The number of hydrogen-bond acceptors (Lipinski definition) is 7. The number of benzene rings is 1. The van der Waals surface area contributed by atoms with Crippen LogP contribution in [-0.2, 0) is 4.74 Å². The minimum absolute atomic E-state index is 0.599. The van der Waals surface area contributed by atoms with Crippen molar-refractivity contribution in [3.63, 3.8) is 0 Å². The topological polar surface area (TPSA) is 72.4 Å². The smallest absolute Gasteiger partial charge is 0.228 e. The minimum Gasteiger partial charge on any atom is -0.491 e. The van der Waals surface area contributed by atoms with Crippen LogP contribution in [0, 0.1) is 0 Å². The molecule has 0 amide bonds. The Hall–Kier alpha value is -3.19. The lowest BCUT2D eigenvalue weighted by molar-refractivity contribution is 0.122. The maximum atomic E-state index is 5.69. The molecule has 4 rings (SSSR count). The standard InChI is InChI=1S/C20H21N5O2/c1-26-18-17(15-6-3-2-4-7-15)23-20(25-10-12-27-13-11-25)24-19(18)22-16-8-5-9-21-14-16/h2-9,14H,10-13H2,1H3,(H,22,23,24). The summed E-state index contributed by atoms with van der Waals surface area (Å²) in [6.07, 6.45) is 3.48. The van der Waals surface area contributed by atoms with Crippen molar-refractivity contribution in [1.82, 2.24) is 15.0 Å². The fraction of sp³-hybridized carbons (Fsp3) is 0.250. The molecule has 0 spiro atoms. The van der Waals surface area contributed by atoms with Gasteiger partial charge in [0.2, 0.25) is 5.95 Å². The average Bonchev–Trinajstić information content (AvgIpc) is 2.75. The number of nitrogens with zero attached hydrogens (tertiary/aromatic N) is 4. The minimum atomic E-state index is 0.599. The summed E-state index contributed by atoms with van der Waals surface area (Å²) >= 11 is 0. The molecule has 7 nitrogen and oxygen atoms in total. The Morgan fingerprint density at radius 3 is 2.56 bits per heavy atom. The fourth-order valence-electron chi connectivity index (χ4n) is 2.99. The number of aromatic nitrogens is 3. The second kappa shape index (κ2) is 8.01. The van der Waals surface area contributed by atoms with Crippen molar-refractivity contribution in [2.75, 3.05) is 43.6 Å². The molecule has 7 heteroatoms. The summed E-state index contributed by atoms with van der Waals surface area (Å²) in [7, 11) is 1.63. The lowest BCUT2D eigenvalue weighted by Crippen LogP contribution is -2.37. The summed E-state index contributed by atoms with van der Waals surface area (Å²) < 4.78 is 11.2. The van der Waals surface area contributed by atoms with E-state index in [4.69, 9.17) is 19.4 Å². The summed E-state index contributed by atoms with van der Waals surface area (Å²) in [6, 6.07) is 13.8.